The monoisotopic (exact) mass is 319 g/mol. The minimum absolute atomic E-state index is 0.0555. The molecule has 0 unspecified atom stereocenters. The summed E-state index contributed by atoms with van der Waals surface area (Å²) in [5.41, 5.74) is 2.26. The summed E-state index contributed by atoms with van der Waals surface area (Å²) in [6, 6.07) is 8.03. The molecule has 6 nitrogen and oxygen atoms in total. The Labute approximate surface area is 137 Å². The first-order valence-electron chi connectivity index (χ1n) is 8.07. The highest BCUT2D eigenvalue weighted by molar-refractivity contribution is 5.95. The molecule has 23 heavy (non-hydrogen) atoms. The van der Waals surface area contributed by atoms with Gasteiger partial charge in [-0.05, 0) is 24.5 Å². The number of amides is 2. The van der Waals surface area contributed by atoms with Crippen LogP contribution in [-0.4, -0.2) is 51.7 Å². The molecule has 0 aliphatic carbocycles. The first-order chi connectivity index (χ1) is 11.2. The largest absolute Gasteiger partial charge is 0.383 e. The molecular formula is C17H25N3O3. The fourth-order valence-corrected chi connectivity index (χ4v) is 2.64. The lowest BCUT2D eigenvalue weighted by molar-refractivity contribution is -0.121. The number of hydrogen-bond donors (Lipinski definition) is 2. The van der Waals surface area contributed by atoms with Crippen molar-refractivity contribution in [3.8, 4) is 0 Å². The van der Waals surface area contributed by atoms with Crippen LogP contribution < -0.4 is 15.5 Å². The van der Waals surface area contributed by atoms with Crippen LogP contribution in [0.5, 0.6) is 0 Å². The van der Waals surface area contributed by atoms with E-state index in [9.17, 15) is 9.59 Å². The molecule has 0 radical (unpaired) electrons. The van der Waals surface area contributed by atoms with Crippen molar-refractivity contribution in [2.75, 3.05) is 44.8 Å². The van der Waals surface area contributed by atoms with E-state index in [-0.39, 0.29) is 18.4 Å². The van der Waals surface area contributed by atoms with Crippen molar-refractivity contribution in [2.24, 2.45) is 0 Å². The lowest BCUT2D eigenvalue weighted by Gasteiger charge is -2.17. The van der Waals surface area contributed by atoms with Gasteiger partial charge in [-0.15, -0.1) is 0 Å². The van der Waals surface area contributed by atoms with Crippen molar-refractivity contribution in [3.05, 3.63) is 29.8 Å². The molecule has 0 saturated carbocycles. The summed E-state index contributed by atoms with van der Waals surface area (Å²) >= 11 is 0. The van der Waals surface area contributed by atoms with Gasteiger partial charge in [-0.1, -0.05) is 18.2 Å². The van der Waals surface area contributed by atoms with Gasteiger partial charge in [-0.2, -0.15) is 0 Å². The molecule has 0 aromatic heterocycles. The molecule has 2 rings (SSSR count). The molecular weight excluding hydrogens is 294 g/mol. The minimum Gasteiger partial charge on any atom is -0.383 e. The van der Waals surface area contributed by atoms with Gasteiger partial charge in [0.25, 0.3) is 0 Å². The molecule has 2 amide bonds. The van der Waals surface area contributed by atoms with E-state index < -0.39 is 0 Å². The number of rotatable bonds is 9. The fourth-order valence-electron chi connectivity index (χ4n) is 2.64. The summed E-state index contributed by atoms with van der Waals surface area (Å²) in [5.74, 6) is 0.0717. The summed E-state index contributed by atoms with van der Waals surface area (Å²) < 4.78 is 4.89. The molecule has 0 spiro atoms. The van der Waals surface area contributed by atoms with Crippen LogP contribution in [0.2, 0.25) is 0 Å². The van der Waals surface area contributed by atoms with Crippen LogP contribution in [0.15, 0.2) is 24.3 Å². The molecule has 0 saturated heterocycles. The van der Waals surface area contributed by atoms with E-state index in [1.165, 1.54) is 5.56 Å². The third-order valence-corrected chi connectivity index (χ3v) is 3.85. The summed E-state index contributed by atoms with van der Waals surface area (Å²) in [5, 5.41) is 5.79. The third-order valence-electron chi connectivity index (χ3n) is 3.85. The van der Waals surface area contributed by atoms with Crippen LogP contribution >= 0.6 is 0 Å². The summed E-state index contributed by atoms with van der Waals surface area (Å²) in [6.07, 6.45) is 2.03. The van der Waals surface area contributed by atoms with Gasteiger partial charge >= 0.3 is 0 Å². The maximum Gasteiger partial charge on any atom is 0.233 e. The van der Waals surface area contributed by atoms with E-state index in [0.717, 1.165) is 18.7 Å². The van der Waals surface area contributed by atoms with E-state index >= 15 is 0 Å². The van der Waals surface area contributed by atoms with Crippen LogP contribution in [0.1, 0.15) is 18.4 Å². The predicted molar refractivity (Wildman–Crippen MR) is 89.5 cm³/mol. The van der Waals surface area contributed by atoms with Crippen molar-refractivity contribution in [2.45, 2.75) is 19.3 Å². The number of nitrogens with zero attached hydrogens (tertiary/aromatic N) is 1. The number of ether oxygens (including phenoxy) is 1. The molecule has 0 bridgehead atoms. The number of nitrogens with one attached hydrogen (secondary N) is 2. The van der Waals surface area contributed by atoms with Gasteiger partial charge in [0, 0.05) is 38.9 Å². The average molecular weight is 319 g/mol. The zero-order chi connectivity index (χ0) is 16.5. The van der Waals surface area contributed by atoms with Gasteiger partial charge in [0.2, 0.25) is 11.8 Å². The third kappa shape index (κ3) is 5.33. The average Bonchev–Trinajstić information content (AvgIpc) is 2.99. The normalized spacial score (nSPS) is 13.0. The molecule has 1 aromatic rings. The van der Waals surface area contributed by atoms with E-state index in [1.807, 2.05) is 23.1 Å². The lowest BCUT2D eigenvalue weighted by Crippen LogP contribution is -2.36. The molecule has 126 valence electrons. The second kappa shape index (κ2) is 9.27. The van der Waals surface area contributed by atoms with Crippen molar-refractivity contribution >= 4 is 17.5 Å². The van der Waals surface area contributed by atoms with Crippen LogP contribution in [0.25, 0.3) is 0 Å². The summed E-state index contributed by atoms with van der Waals surface area (Å²) in [4.78, 5) is 25.7. The van der Waals surface area contributed by atoms with Crippen LogP contribution in [0.3, 0.4) is 0 Å². The second-order valence-corrected chi connectivity index (χ2v) is 5.55. The first-order valence-corrected chi connectivity index (χ1v) is 8.07. The van der Waals surface area contributed by atoms with E-state index in [2.05, 4.69) is 16.7 Å². The molecule has 0 atom stereocenters. The molecule has 6 heteroatoms. The van der Waals surface area contributed by atoms with Gasteiger partial charge in [0.05, 0.1) is 13.2 Å². The van der Waals surface area contributed by atoms with Crippen LogP contribution in [0, 0.1) is 0 Å². The number of benzene rings is 1. The van der Waals surface area contributed by atoms with Gasteiger partial charge in [-0.25, -0.2) is 0 Å². The SMILES string of the molecule is COCCNCC(=O)NCCCC(=O)N1CCc2ccccc21. The van der Waals surface area contributed by atoms with E-state index in [4.69, 9.17) is 4.74 Å². The Morgan fingerprint density at radius 2 is 2.09 bits per heavy atom. The second-order valence-electron chi connectivity index (χ2n) is 5.55. The standard InChI is InChI=1S/C17H25N3O3/c1-23-12-10-18-13-16(21)19-9-4-7-17(22)20-11-8-14-5-2-3-6-15(14)20/h2-3,5-6,18H,4,7-13H2,1H3,(H,19,21). The first kappa shape index (κ1) is 17.4. The molecule has 0 fully saturated rings. The number of anilines is 1. The maximum atomic E-state index is 12.3. The van der Waals surface area contributed by atoms with Gasteiger partial charge in [0.15, 0.2) is 0 Å². The smallest absolute Gasteiger partial charge is 0.233 e. The van der Waals surface area contributed by atoms with Crippen LogP contribution in [-0.2, 0) is 20.7 Å². The lowest BCUT2D eigenvalue weighted by atomic mass is 10.2. The van der Waals surface area contributed by atoms with Gasteiger partial charge in [-0.3, -0.25) is 9.59 Å². The molecule has 2 N–H and O–H groups in total. The topological polar surface area (TPSA) is 70.7 Å². The fraction of sp³-hybridized carbons (Fsp3) is 0.529. The number of para-hydroxylation sites is 1. The highest BCUT2D eigenvalue weighted by Gasteiger charge is 2.23. The van der Waals surface area contributed by atoms with Crippen molar-refractivity contribution in [1.29, 1.82) is 0 Å². The Hall–Kier alpha value is -1.92. The van der Waals surface area contributed by atoms with Gasteiger partial charge in [0.1, 0.15) is 0 Å². The number of methoxy groups -OCH3 is 1. The van der Waals surface area contributed by atoms with Crippen molar-refractivity contribution in [1.82, 2.24) is 10.6 Å². The molecule has 1 aliphatic rings. The maximum absolute atomic E-state index is 12.3. The van der Waals surface area contributed by atoms with Gasteiger partial charge < -0.3 is 20.3 Å². The molecule has 1 aromatic carbocycles. The predicted octanol–water partition coefficient (Wildman–Crippen LogP) is 0.708. The number of hydrogen-bond acceptors (Lipinski definition) is 4. The summed E-state index contributed by atoms with van der Waals surface area (Å²) in [6.45, 7) is 2.78. The van der Waals surface area contributed by atoms with E-state index in [0.29, 0.717) is 32.5 Å². The quantitative estimate of drug-likeness (QED) is 0.658. The highest BCUT2D eigenvalue weighted by atomic mass is 16.5. The Morgan fingerprint density at radius 3 is 2.91 bits per heavy atom. The highest BCUT2D eigenvalue weighted by Crippen LogP contribution is 2.27. The Morgan fingerprint density at radius 1 is 1.26 bits per heavy atom. The zero-order valence-electron chi connectivity index (χ0n) is 13.6. The number of carbonyl (C=O) groups is 2. The zero-order valence-corrected chi connectivity index (χ0v) is 13.6. The van der Waals surface area contributed by atoms with E-state index in [1.54, 1.807) is 7.11 Å². The Bertz CT molecular complexity index is 534. The molecule has 1 aliphatic heterocycles. The Kier molecular flexibility index (Phi) is 7.03. The van der Waals surface area contributed by atoms with Crippen molar-refractivity contribution < 1.29 is 14.3 Å². The van der Waals surface area contributed by atoms with Crippen molar-refractivity contribution in [3.63, 3.8) is 0 Å². The van der Waals surface area contributed by atoms with Crippen LogP contribution in [0.4, 0.5) is 5.69 Å². The molecule has 1 heterocycles. The Balaban J connectivity index is 1.62. The number of carbonyl (C=O) groups excluding carboxylic acids is 2. The number of fused-ring (bicyclic) bond motifs is 1. The minimum atomic E-state index is -0.0555. The summed E-state index contributed by atoms with van der Waals surface area (Å²) in [7, 11) is 1.62.